The first-order chi connectivity index (χ1) is 6.25. The van der Waals surface area contributed by atoms with Crippen LogP contribution < -0.4 is 5.32 Å². The van der Waals surface area contributed by atoms with Crippen molar-refractivity contribution in [3.8, 4) is 0 Å². The second kappa shape index (κ2) is 3.96. The molecule has 0 aromatic carbocycles. The Labute approximate surface area is 86.9 Å². The zero-order valence-electron chi connectivity index (χ0n) is 7.42. The zero-order valence-corrected chi connectivity index (χ0v) is 8.99. The van der Waals surface area contributed by atoms with Gasteiger partial charge in [0.25, 0.3) is 0 Å². The van der Waals surface area contributed by atoms with E-state index in [4.69, 9.17) is 16.3 Å². The van der Waals surface area contributed by atoms with E-state index < -0.39 is 0 Å². The number of nitrogens with one attached hydrogen (secondary N) is 1. The topological polar surface area (TPSA) is 21.3 Å². The maximum absolute atomic E-state index is 5.87. The number of morpholine rings is 1. The molecular formula is C9H12ClNOS. The highest BCUT2D eigenvalue weighted by Gasteiger charge is 2.20. The van der Waals surface area contributed by atoms with Crippen LogP contribution in [-0.2, 0) is 4.74 Å². The first-order valence-corrected chi connectivity index (χ1v) is 5.54. The number of thiophene rings is 1. The number of hydrogen-bond donors (Lipinski definition) is 1. The third kappa shape index (κ3) is 2.23. The molecule has 0 amide bonds. The molecule has 1 fully saturated rings. The number of ether oxygens (including phenoxy) is 1. The fourth-order valence-corrected chi connectivity index (χ4v) is 2.59. The monoisotopic (exact) mass is 217 g/mol. The van der Waals surface area contributed by atoms with Crippen LogP contribution in [0.15, 0.2) is 12.1 Å². The fourth-order valence-electron chi connectivity index (χ4n) is 1.48. The van der Waals surface area contributed by atoms with Gasteiger partial charge in [0, 0.05) is 10.9 Å². The van der Waals surface area contributed by atoms with Gasteiger partial charge in [0.15, 0.2) is 0 Å². The van der Waals surface area contributed by atoms with Crippen molar-refractivity contribution in [1.29, 1.82) is 0 Å². The standard InChI is InChI=1S/C9H12ClNOS/c1-6-4-12-5-7(11-6)8-2-3-9(10)13-8/h2-3,6-7,11H,4-5H2,1H3. The second-order valence-corrected chi connectivity index (χ2v) is 5.05. The lowest BCUT2D eigenvalue weighted by Crippen LogP contribution is -2.41. The summed E-state index contributed by atoms with van der Waals surface area (Å²) >= 11 is 7.49. The van der Waals surface area contributed by atoms with E-state index in [0.717, 1.165) is 17.6 Å². The van der Waals surface area contributed by atoms with E-state index in [1.165, 1.54) is 4.88 Å². The van der Waals surface area contributed by atoms with Gasteiger partial charge in [-0.05, 0) is 19.1 Å². The van der Waals surface area contributed by atoms with Crippen molar-refractivity contribution in [2.24, 2.45) is 0 Å². The Hall–Kier alpha value is -0.0900. The van der Waals surface area contributed by atoms with Gasteiger partial charge in [-0.1, -0.05) is 11.6 Å². The van der Waals surface area contributed by atoms with Gasteiger partial charge in [-0.15, -0.1) is 11.3 Å². The quantitative estimate of drug-likeness (QED) is 0.781. The lowest BCUT2D eigenvalue weighted by molar-refractivity contribution is 0.0514. The first-order valence-electron chi connectivity index (χ1n) is 4.35. The summed E-state index contributed by atoms with van der Waals surface area (Å²) in [6.45, 7) is 3.68. The molecule has 0 radical (unpaired) electrons. The highest BCUT2D eigenvalue weighted by molar-refractivity contribution is 7.16. The van der Waals surface area contributed by atoms with Crippen molar-refractivity contribution in [2.75, 3.05) is 13.2 Å². The summed E-state index contributed by atoms with van der Waals surface area (Å²) in [5.74, 6) is 0. The van der Waals surface area contributed by atoms with E-state index in [1.807, 2.05) is 6.07 Å². The van der Waals surface area contributed by atoms with Crippen LogP contribution in [-0.4, -0.2) is 19.3 Å². The highest BCUT2D eigenvalue weighted by atomic mass is 35.5. The van der Waals surface area contributed by atoms with E-state index in [0.29, 0.717) is 12.1 Å². The van der Waals surface area contributed by atoms with Crippen LogP contribution in [0.3, 0.4) is 0 Å². The van der Waals surface area contributed by atoms with Crippen LogP contribution in [0, 0.1) is 0 Å². The Morgan fingerprint density at radius 3 is 3.00 bits per heavy atom. The molecule has 1 aliphatic heterocycles. The second-order valence-electron chi connectivity index (χ2n) is 3.30. The summed E-state index contributed by atoms with van der Waals surface area (Å²) in [5, 5.41) is 3.47. The Morgan fingerprint density at radius 2 is 2.38 bits per heavy atom. The summed E-state index contributed by atoms with van der Waals surface area (Å²) in [6, 6.07) is 4.75. The van der Waals surface area contributed by atoms with Crippen LogP contribution in [0.5, 0.6) is 0 Å². The van der Waals surface area contributed by atoms with Crippen LogP contribution in [0.4, 0.5) is 0 Å². The molecule has 13 heavy (non-hydrogen) atoms. The minimum absolute atomic E-state index is 0.321. The molecule has 1 N–H and O–H groups in total. The van der Waals surface area contributed by atoms with Gasteiger partial charge < -0.3 is 10.1 Å². The van der Waals surface area contributed by atoms with Crippen molar-refractivity contribution < 1.29 is 4.74 Å². The first kappa shape index (κ1) is 9.46. The van der Waals surface area contributed by atoms with Crippen LogP contribution in [0.1, 0.15) is 17.8 Å². The Balaban J connectivity index is 2.08. The number of hydrogen-bond acceptors (Lipinski definition) is 3. The summed E-state index contributed by atoms with van der Waals surface area (Å²) in [4.78, 5) is 1.26. The van der Waals surface area contributed by atoms with Crippen molar-refractivity contribution in [3.05, 3.63) is 21.3 Å². The fraction of sp³-hybridized carbons (Fsp3) is 0.556. The van der Waals surface area contributed by atoms with Crippen LogP contribution in [0.2, 0.25) is 4.34 Å². The predicted molar refractivity (Wildman–Crippen MR) is 55.5 cm³/mol. The van der Waals surface area contributed by atoms with E-state index >= 15 is 0 Å². The van der Waals surface area contributed by atoms with E-state index in [9.17, 15) is 0 Å². The zero-order chi connectivity index (χ0) is 9.26. The SMILES string of the molecule is CC1COCC(c2ccc(Cl)s2)N1. The van der Waals surface area contributed by atoms with E-state index in [-0.39, 0.29) is 0 Å². The number of halogens is 1. The van der Waals surface area contributed by atoms with Gasteiger partial charge in [0.05, 0.1) is 23.6 Å². The van der Waals surface area contributed by atoms with Gasteiger partial charge in [-0.25, -0.2) is 0 Å². The minimum Gasteiger partial charge on any atom is -0.378 e. The summed E-state index contributed by atoms with van der Waals surface area (Å²) in [6.07, 6.45) is 0. The maximum Gasteiger partial charge on any atom is 0.0931 e. The lowest BCUT2D eigenvalue weighted by Gasteiger charge is -2.28. The lowest BCUT2D eigenvalue weighted by atomic mass is 10.2. The Bertz CT molecular complexity index is 289. The molecule has 0 spiro atoms. The predicted octanol–water partition coefficient (Wildman–Crippen LogP) is 2.45. The molecule has 2 rings (SSSR count). The molecule has 1 aromatic heterocycles. The highest BCUT2D eigenvalue weighted by Crippen LogP contribution is 2.28. The molecule has 2 nitrogen and oxygen atoms in total. The van der Waals surface area contributed by atoms with Crippen LogP contribution in [0.25, 0.3) is 0 Å². The van der Waals surface area contributed by atoms with Crippen molar-refractivity contribution in [2.45, 2.75) is 19.0 Å². The molecule has 0 saturated carbocycles. The van der Waals surface area contributed by atoms with E-state index in [2.05, 4.69) is 18.3 Å². The smallest absolute Gasteiger partial charge is 0.0931 e. The average molecular weight is 218 g/mol. The number of rotatable bonds is 1. The largest absolute Gasteiger partial charge is 0.378 e. The molecule has 0 bridgehead atoms. The summed E-state index contributed by atoms with van der Waals surface area (Å²) in [7, 11) is 0. The minimum atomic E-state index is 0.321. The van der Waals surface area contributed by atoms with Gasteiger partial charge in [-0.2, -0.15) is 0 Å². The molecule has 72 valence electrons. The normalized spacial score (nSPS) is 29.1. The third-order valence-electron chi connectivity index (χ3n) is 2.08. The molecule has 1 aromatic rings. The third-order valence-corrected chi connectivity index (χ3v) is 3.42. The molecule has 2 unspecified atom stereocenters. The molecule has 1 aliphatic rings. The molecular weight excluding hydrogens is 206 g/mol. The van der Waals surface area contributed by atoms with Gasteiger partial charge in [0.2, 0.25) is 0 Å². The molecule has 2 atom stereocenters. The van der Waals surface area contributed by atoms with Crippen molar-refractivity contribution in [1.82, 2.24) is 5.32 Å². The van der Waals surface area contributed by atoms with Crippen LogP contribution >= 0.6 is 22.9 Å². The van der Waals surface area contributed by atoms with Gasteiger partial charge in [-0.3, -0.25) is 0 Å². The summed E-state index contributed by atoms with van der Waals surface area (Å²) < 4.78 is 6.30. The van der Waals surface area contributed by atoms with Gasteiger partial charge in [0.1, 0.15) is 0 Å². The Morgan fingerprint density at radius 1 is 1.54 bits per heavy atom. The Kier molecular flexibility index (Phi) is 2.89. The van der Waals surface area contributed by atoms with E-state index in [1.54, 1.807) is 11.3 Å². The molecule has 2 heterocycles. The van der Waals surface area contributed by atoms with Crippen molar-refractivity contribution >= 4 is 22.9 Å². The summed E-state index contributed by atoms with van der Waals surface area (Å²) in [5.41, 5.74) is 0. The molecule has 4 heteroatoms. The van der Waals surface area contributed by atoms with Gasteiger partial charge >= 0.3 is 0 Å². The molecule has 1 saturated heterocycles. The molecule has 0 aliphatic carbocycles. The average Bonchev–Trinajstić information content (AvgIpc) is 2.52. The van der Waals surface area contributed by atoms with Crippen molar-refractivity contribution in [3.63, 3.8) is 0 Å². The maximum atomic E-state index is 5.87.